The van der Waals surface area contributed by atoms with E-state index in [0.717, 1.165) is 39.1 Å². The molecule has 1 aromatic rings. The SMILES string of the molecule is CC(C)CC(=O)N1CC2CN(CC[C@H](N)c3ccccc3)CC2C1. The van der Waals surface area contributed by atoms with Gasteiger partial charge in [-0.1, -0.05) is 44.2 Å². The molecule has 0 bridgehead atoms. The molecular formula is C20H31N3O. The molecule has 2 N–H and O–H groups in total. The number of rotatable bonds is 6. The van der Waals surface area contributed by atoms with Crippen LogP contribution in [0.1, 0.15) is 38.3 Å². The Labute approximate surface area is 146 Å². The van der Waals surface area contributed by atoms with Crippen molar-refractivity contribution in [1.82, 2.24) is 9.80 Å². The lowest BCUT2D eigenvalue weighted by Crippen LogP contribution is -2.34. The van der Waals surface area contributed by atoms with E-state index < -0.39 is 0 Å². The fraction of sp³-hybridized carbons (Fsp3) is 0.650. The molecule has 2 aliphatic heterocycles. The summed E-state index contributed by atoms with van der Waals surface area (Å²) in [7, 11) is 0. The van der Waals surface area contributed by atoms with Crippen molar-refractivity contribution in [1.29, 1.82) is 0 Å². The first-order valence-electron chi connectivity index (χ1n) is 9.33. The van der Waals surface area contributed by atoms with Crippen LogP contribution in [-0.4, -0.2) is 48.4 Å². The molecule has 2 unspecified atom stereocenters. The Morgan fingerprint density at radius 2 is 1.75 bits per heavy atom. The van der Waals surface area contributed by atoms with Crippen molar-refractivity contribution in [3.05, 3.63) is 35.9 Å². The van der Waals surface area contributed by atoms with Gasteiger partial charge in [0, 0.05) is 38.6 Å². The van der Waals surface area contributed by atoms with Crippen molar-refractivity contribution in [3.8, 4) is 0 Å². The molecule has 1 aromatic carbocycles. The second-order valence-corrected chi connectivity index (χ2v) is 7.98. The molecule has 2 saturated heterocycles. The second kappa shape index (κ2) is 7.66. The number of likely N-dealkylation sites (tertiary alicyclic amines) is 2. The number of hydrogen-bond acceptors (Lipinski definition) is 3. The summed E-state index contributed by atoms with van der Waals surface area (Å²) in [6.45, 7) is 9.45. The van der Waals surface area contributed by atoms with Crippen molar-refractivity contribution in [2.75, 3.05) is 32.7 Å². The topological polar surface area (TPSA) is 49.6 Å². The number of hydrogen-bond donors (Lipinski definition) is 1. The van der Waals surface area contributed by atoms with Crippen LogP contribution in [-0.2, 0) is 4.79 Å². The lowest BCUT2D eigenvalue weighted by Gasteiger charge is -2.23. The minimum atomic E-state index is 0.121. The first-order valence-corrected chi connectivity index (χ1v) is 9.33. The summed E-state index contributed by atoms with van der Waals surface area (Å²) in [5.74, 6) is 2.12. The van der Waals surface area contributed by atoms with Gasteiger partial charge < -0.3 is 15.5 Å². The van der Waals surface area contributed by atoms with E-state index in [1.807, 2.05) is 6.07 Å². The van der Waals surface area contributed by atoms with Crippen LogP contribution < -0.4 is 5.73 Å². The molecule has 3 atom stereocenters. The zero-order valence-corrected chi connectivity index (χ0v) is 15.0. The van der Waals surface area contributed by atoms with Crippen molar-refractivity contribution in [2.45, 2.75) is 32.7 Å². The third-order valence-electron chi connectivity index (χ3n) is 5.48. The Kier molecular flexibility index (Phi) is 5.57. The number of carbonyl (C=O) groups is 1. The van der Waals surface area contributed by atoms with Crippen LogP contribution >= 0.6 is 0 Å². The highest BCUT2D eigenvalue weighted by Crippen LogP contribution is 2.32. The molecule has 0 aromatic heterocycles. The minimum Gasteiger partial charge on any atom is -0.342 e. The molecule has 0 saturated carbocycles. The Morgan fingerprint density at radius 3 is 2.33 bits per heavy atom. The van der Waals surface area contributed by atoms with Gasteiger partial charge in [0.2, 0.25) is 5.91 Å². The highest BCUT2D eigenvalue weighted by Gasteiger charge is 2.41. The van der Waals surface area contributed by atoms with E-state index in [0.29, 0.717) is 30.1 Å². The average Bonchev–Trinajstić information content (AvgIpc) is 3.11. The monoisotopic (exact) mass is 329 g/mol. The summed E-state index contributed by atoms with van der Waals surface area (Å²) in [6.07, 6.45) is 1.69. The second-order valence-electron chi connectivity index (χ2n) is 7.98. The number of amides is 1. The predicted octanol–water partition coefficient (Wildman–Crippen LogP) is 2.51. The lowest BCUT2D eigenvalue weighted by atomic mass is 10.0. The molecule has 4 heteroatoms. The number of benzene rings is 1. The van der Waals surface area contributed by atoms with Crippen molar-refractivity contribution in [3.63, 3.8) is 0 Å². The summed E-state index contributed by atoms with van der Waals surface area (Å²) in [6, 6.07) is 10.5. The maximum Gasteiger partial charge on any atom is 0.222 e. The fourth-order valence-electron chi connectivity index (χ4n) is 4.14. The number of fused-ring (bicyclic) bond motifs is 1. The first kappa shape index (κ1) is 17.4. The molecule has 1 amide bonds. The third kappa shape index (κ3) is 4.17. The summed E-state index contributed by atoms with van der Waals surface area (Å²) in [5, 5.41) is 0. The lowest BCUT2D eigenvalue weighted by molar-refractivity contribution is -0.131. The van der Waals surface area contributed by atoms with Crippen LogP contribution in [0, 0.1) is 17.8 Å². The van der Waals surface area contributed by atoms with Gasteiger partial charge in [0.15, 0.2) is 0 Å². The Balaban J connectivity index is 1.43. The molecule has 132 valence electrons. The first-order chi connectivity index (χ1) is 11.5. The molecule has 0 spiro atoms. The summed E-state index contributed by atoms with van der Waals surface area (Å²) < 4.78 is 0. The van der Waals surface area contributed by atoms with Crippen LogP contribution in [0.2, 0.25) is 0 Å². The molecular weight excluding hydrogens is 298 g/mol. The van der Waals surface area contributed by atoms with E-state index >= 15 is 0 Å². The van der Waals surface area contributed by atoms with E-state index in [1.54, 1.807) is 0 Å². The Hall–Kier alpha value is -1.39. The van der Waals surface area contributed by atoms with Gasteiger partial charge in [-0.05, 0) is 36.3 Å². The van der Waals surface area contributed by atoms with Gasteiger partial charge in [-0.2, -0.15) is 0 Å². The van der Waals surface area contributed by atoms with Gasteiger partial charge in [-0.15, -0.1) is 0 Å². The molecule has 0 radical (unpaired) electrons. The van der Waals surface area contributed by atoms with E-state index in [9.17, 15) is 4.79 Å². The van der Waals surface area contributed by atoms with Crippen molar-refractivity contribution < 1.29 is 4.79 Å². The number of nitrogens with two attached hydrogens (primary N) is 1. The summed E-state index contributed by atoms with van der Waals surface area (Å²) in [5.41, 5.74) is 7.54. The van der Waals surface area contributed by atoms with Crippen LogP contribution in [0.15, 0.2) is 30.3 Å². The summed E-state index contributed by atoms with van der Waals surface area (Å²) in [4.78, 5) is 16.9. The van der Waals surface area contributed by atoms with Gasteiger partial charge in [-0.25, -0.2) is 0 Å². The predicted molar refractivity (Wildman–Crippen MR) is 97.4 cm³/mol. The van der Waals surface area contributed by atoms with E-state index in [4.69, 9.17) is 5.73 Å². The molecule has 2 fully saturated rings. The Morgan fingerprint density at radius 1 is 1.12 bits per heavy atom. The maximum absolute atomic E-state index is 12.2. The normalized spacial score (nSPS) is 25.2. The summed E-state index contributed by atoms with van der Waals surface area (Å²) >= 11 is 0. The molecule has 2 aliphatic rings. The van der Waals surface area contributed by atoms with Crippen molar-refractivity contribution in [2.24, 2.45) is 23.5 Å². The van der Waals surface area contributed by atoms with Crippen LogP contribution in [0.4, 0.5) is 0 Å². The fourth-order valence-corrected chi connectivity index (χ4v) is 4.14. The average molecular weight is 329 g/mol. The van der Waals surface area contributed by atoms with Gasteiger partial charge in [-0.3, -0.25) is 4.79 Å². The van der Waals surface area contributed by atoms with E-state index in [1.165, 1.54) is 5.56 Å². The molecule has 2 heterocycles. The molecule has 3 rings (SSSR count). The van der Waals surface area contributed by atoms with Crippen LogP contribution in [0.5, 0.6) is 0 Å². The van der Waals surface area contributed by atoms with Gasteiger partial charge in [0.25, 0.3) is 0 Å². The highest BCUT2D eigenvalue weighted by atomic mass is 16.2. The van der Waals surface area contributed by atoms with E-state index in [-0.39, 0.29) is 6.04 Å². The zero-order chi connectivity index (χ0) is 17.1. The maximum atomic E-state index is 12.2. The van der Waals surface area contributed by atoms with Gasteiger partial charge >= 0.3 is 0 Å². The smallest absolute Gasteiger partial charge is 0.222 e. The molecule has 0 aliphatic carbocycles. The molecule has 24 heavy (non-hydrogen) atoms. The minimum absolute atomic E-state index is 0.121. The van der Waals surface area contributed by atoms with Crippen molar-refractivity contribution >= 4 is 5.91 Å². The van der Waals surface area contributed by atoms with Gasteiger partial charge in [0.05, 0.1) is 0 Å². The van der Waals surface area contributed by atoms with Gasteiger partial charge in [0.1, 0.15) is 0 Å². The standard InChI is InChI=1S/C20H31N3O/c1-15(2)10-20(24)23-13-17-11-22(12-18(17)14-23)9-8-19(21)16-6-4-3-5-7-16/h3-7,15,17-19H,8-14,21H2,1-2H3/t17?,18?,19-/m0/s1. The highest BCUT2D eigenvalue weighted by molar-refractivity contribution is 5.76. The Bertz CT molecular complexity index is 531. The molecule has 4 nitrogen and oxygen atoms in total. The number of carbonyl (C=O) groups excluding carboxylic acids is 1. The largest absolute Gasteiger partial charge is 0.342 e. The number of nitrogens with zero attached hydrogens (tertiary/aromatic N) is 2. The quantitative estimate of drug-likeness (QED) is 0.872. The zero-order valence-electron chi connectivity index (χ0n) is 15.0. The van der Waals surface area contributed by atoms with Crippen LogP contribution in [0.25, 0.3) is 0 Å². The van der Waals surface area contributed by atoms with Crippen LogP contribution in [0.3, 0.4) is 0 Å². The van der Waals surface area contributed by atoms with E-state index in [2.05, 4.69) is 47.9 Å². The third-order valence-corrected chi connectivity index (χ3v) is 5.48.